The molecule has 1 fully saturated rings. The minimum atomic E-state index is -4.76. The average Bonchev–Trinajstić information content (AvgIpc) is 3.75. The second kappa shape index (κ2) is 14.3. The van der Waals surface area contributed by atoms with E-state index in [9.17, 15) is 18.0 Å². The van der Waals surface area contributed by atoms with E-state index in [2.05, 4.69) is 16.2 Å². The van der Waals surface area contributed by atoms with E-state index >= 15 is 0 Å². The number of carbonyl (C=O) groups is 1. The lowest BCUT2D eigenvalue weighted by molar-refractivity contribution is -0.142. The molecule has 0 radical (unpaired) electrons. The number of hydrogen-bond donors (Lipinski definition) is 0. The Morgan fingerprint density at radius 1 is 0.923 bits per heavy atom. The molecule has 52 heavy (non-hydrogen) atoms. The number of allylic oxidation sites excluding steroid dienone is 1. The van der Waals surface area contributed by atoms with E-state index in [1.54, 1.807) is 12.1 Å². The fraction of sp³-hybridized carbons (Fsp3) is 0.317. The Morgan fingerprint density at radius 2 is 1.58 bits per heavy atom. The van der Waals surface area contributed by atoms with Crippen molar-refractivity contribution in [2.45, 2.75) is 65.1 Å². The summed E-state index contributed by atoms with van der Waals surface area (Å²) in [6.07, 6.45) is -0.228. The molecular weight excluding hydrogens is 667 g/mol. The van der Waals surface area contributed by atoms with Gasteiger partial charge in [-0.25, -0.2) is 14.5 Å². The maximum Gasteiger partial charge on any atom is 0.433 e. The van der Waals surface area contributed by atoms with Crippen molar-refractivity contribution >= 4 is 23.3 Å². The third-order valence-electron chi connectivity index (χ3n) is 9.58. The summed E-state index contributed by atoms with van der Waals surface area (Å²) in [5.41, 5.74) is 4.06. The summed E-state index contributed by atoms with van der Waals surface area (Å²) >= 11 is 0. The largest absolute Gasteiger partial charge is 0.494 e. The number of alkyl halides is 3. The standard InChI is InChI=1S/C41H40F3N5O3/c1-5-51-31-18-10-26(11-19-31)22-30-8-7-9-33-38(30)47-49(39(33)29-16-20-32(21-17-29)52-6-2)40(50)35-24-37-45-34(23-36(41(42,43)44)48(37)46-35)28-14-12-27(13-15-28)25(3)4/h10-25,33,39H,5-9H2,1-4H3. The number of benzene rings is 3. The second-order valence-corrected chi connectivity index (χ2v) is 13.4. The molecule has 2 unspecified atom stereocenters. The average molecular weight is 708 g/mol. The molecule has 1 amide bonds. The quantitative estimate of drug-likeness (QED) is 0.152. The van der Waals surface area contributed by atoms with E-state index in [-0.39, 0.29) is 28.9 Å². The number of rotatable bonds is 9. The molecule has 11 heteroatoms. The summed E-state index contributed by atoms with van der Waals surface area (Å²) in [5.74, 6) is 1.00. The Labute approximate surface area is 300 Å². The van der Waals surface area contributed by atoms with E-state index in [0.717, 1.165) is 59.1 Å². The molecule has 1 aliphatic heterocycles. The Balaban J connectivity index is 1.30. The van der Waals surface area contributed by atoms with E-state index in [1.807, 2.05) is 88.4 Å². The van der Waals surface area contributed by atoms with Crippen molar-refractivity contribution in [1.29, 1.82) is 0 Å². The van der Waals surface area contributed by atoms with Gasteiger partial charge in [-0.15, -0.1) is 0 Å². The molecule has 0 saturated heterocycles. The van der Waals surface area contributed by atoms with Crippen molar-refractivity contribution in [3.8, 4) is 22.8 Å². The first kappa shape index (κ1) is 35.0. The molecule has 3 aromatic carbocycles. The summed E-state index contributed by atoms with van der Waals surface area (Å²) in [4.78, 5) is 19.0. The Hall–Kier alpha value is -5.45. The molecule has 0 N–H and O–H groups in total. The Kier molecular flexibility index (Phi) is 9.61. The van der Waals surface area contributed by atoms with Crippen molar-refractivity contribution in [2.24, 2.45) is 11.0 Å². The highest BCUT2D eigenvalue weighted by Gasteiger charge is 2.45. The van der Waals surface area contributed by atoms with Gasteiger partial charge in [0.2, 0.25) is 0 Å². The van der Waals surface area contributed by atoms with Crippen molar-refractivity contribution in [3.63, 3.8) is 0 Å². The third kappa shape index (κ3) is 6.91. The van der Waals surface area contributed by atoms with Gasteiger partial charge < -0.3 is 9.47 Å². The van der Waals surface area contributed by atoms with Gasteiger partial charge in [0.25, 0.3) is 5.91 Å². The summed E-state index contributed by atoms with van der Waals surface area (Å²) < 4.78 is 55.5. The van der Waals surface area contributed by atoms with Crippen LogP contribution in [0.1, 0.15) is 91.8 Å². The molecule has 3 heterocycles. The number of amides is 1. The predicted octanol–water partition coefficient (Wildman–Crippen LogP) is 9.77. The lowest BCUT2D eigenvalue weighted by Crippen LogP contribution is -2.32. The van der Waals surface area contributed by atoms with Gasteiger partial charge in [-0.1, -0.05) is 62.4 Å². The van der Waals surface area contributed by atoms with Crippen LogP contribution in [0, 0.1) is 5.92 Å². The summed E-state index contributed by atoms with van der Waals surface area (Å²) in [7, 11) is 0. The molecule has 1 aliphatic carbocycles. The van der Waals surface area contributed by atoms with Crippen molar-refractivity contribution in [3.05, 3.63) is 119 Å². The van der Waals surface area contributed by atoms with E-state index in [0.29, 0.717) is 29.0 Å². The van der Waals surface area contributed by atoms with Gasteiger partial charge in [0.1, 0.15) is 11.5 Å². The van der Waals surface area contributed by atoms with Crippen molar-refractivity contribution < 1.29 is 27.4 Å². The smallest absolute Gasteiger partial charge is 0.433 e. The number of hydrazone groups is 1. The first-order chi connectivity index (χ1) is 25.0. The highest BCUT2D eigenvalue weighted by molar-refractivity contribution is 6.09. The lowest BCUT2D eigenvalue weighted by Gasteiger charge is -2.29. The van der Waals surface area contributed by atoms with Gasteiger partial charge in [0.05, 0.1) is 30.7 Å². The molecular formula is C41H40F3N5O3. The monoisotopic (exact) mass is 707 g/mol. The molecule has 268 valence electrons. The number of fused-ring (bicyclic) bond motifs is 2. The van der Waals surface area contributed by atoms with Crippen LogP contribution in [0.5, 0.6) is 11.5 Å². The number of hydrogen-bond acceptors (Lipinski definition) is 6. The third-order valence-corrected chi connectivity index (χ3v) is 9.58. The summed E-state index contributed by atoms with van der Waals surface area (Å²) in [6.45, 7) is 9.02. The molecule has 5 aromatic rings. The predicted molar refractivity (Wildman–Crippen MR) is 194 cm³/mol. The zero-order valence-corrected chi connectivity index (χ0v) is 29.5. The fourth-order valence-electron chi connectivity index (χ4n) is 7.04. The van der Waals surface area contributed by atoms with Crippen molar-refractivity contribution in [1.82, 2.24) is 19.6 Å². The summed E-state index contributed by atoms with van der Waals surface area (Å²) in [6, 6.07) is 24.5. The molecule has 2 aromatic heterocycles. The number of aromatic nitrogens is 3. The van der Waals surface area contributed by atoms with Crippen LogP contribution in [0.2, 0.25) is 0 Å². The van der Waals surface area contributed by atoms with Crippen LogP contribution in [0.25, 0.3) is 23.0 Å². The van der Waals surface area contributed by atoms with E-state index in [4.69, 9.17) is 14.6 Å². The summed E-state index contributed by atoms with van der Waals surface area (Å²) in [5, 5.41) is 10.6. The van der Waals surface area contributed by atoms with E-state index < -0.39 is 23.8 Å². The van der Waals surface area contributed by atoms with E-state index in [1.165, 1.54) is 11.1 Å². The number of ether oxygens (including phenoxy) is 2. The van der Waals surface area contributed by atoms with Gasteiger partial charge in [0, 0.05) is 17.5 Å². The molecule has 0 spiro atoms. The second-order valence-electron chi connectivity index (χ2n) is 13.4. The SMILES string of the molecule is CCOc1ccc(C=C2CCCC3C2=NN(C(=O)c2cc4nc(-c5ccc(C(C)C)cc5)cc(C(F)(F)F)n4n2)C3c2ccc(OCC)cc2)cc1. The molecule has 0 bridgehead atoms. The Bertz CT molecular complexity index is 2140. The molecule has 1 saturated carbocycles. The molecule has 8 nitrogen and oxygen atoms in total. The van der Waals surface area contributed by atoms with Gasteiger partial charge in [-0.05, 0) is 97.7 Å². The van der Waals surface area contributed by atoms with Gasteiger partial charge in [-0.2, -0.15) is 23.4 Å². The van der Waals surface area contributed by atoms with Gasteiger partial charge in [-0.3, -0.25) is 4.79 Å². The lowest BCUT2D eigenvalue weighted by atomic mass is 9.77. The fourth-order valence-corrected chi connectivity index (χ4v) is 7.04. The van der Waals surface area contributed by atoms with Gasteiger partial charge >= 0.3 is 6.18 Å². The topological polar surface area (TPSA) is 81.3 Å². The molecule has 2 aliphatic rings. The maximum atomic E-state index is 14.5. The van der Waals surface area contributed by atoms with Crippen LogP contribution in [-0.2, 0) is 6.18 Å². The van der Waals surface area contributed by atoms with Crippen LogP contribution in [0.4, 0.5) is 13.2 Å². The maximum absolute atomic E-state index is 14.5. The van der Waals surface area contributed by atoms with Crippen LogP contribution in [0.15, 0.2) is 95.6 Å². The zero-order valence-electron chi connectivity index (χ0n) is 29.5. The first-order valence-corrected chi connectivity index (χ1v) is 17.7. The Morgan fingerprint density at radius 3 is 2.19 bits per heavy atom. The van der Waals surface area contributed by atoms with Gasteiger partial charge in [0.15, 0.2) is 17.0 Å². The first-order valence-electron chi connectivity index (χ1n) is 17.7. The minimum Gasteiger partial charge on any atom is -0.494 e. The van der Waals surface area contributed by atoms with Crippen LogP contribution >= 0.6 is 0 Å². The van der Waals surface area contributed by atoms with Crippen molar-refractivity contribution in [2.75, 3.05) is 13.2 Å². The highest BCUT2D eigenvalue weighted by Crippen LogP contribution is 2.45. The number of carbonyl (C=O) groups excluding carboxylic acids is 1. The molecule has 2 atom stereocenters. The number of nitrogens with zero attached hydrogens (tertiary/aromatic N) is 5. The molecule has 7 rings (SSSR count). The minimum absolute atomic E-state index is 0.0842. The van der Waals surface area contributed by atoms with Crippen LogP contribution < -0.4 is 9.47 Å². The van der Waals surface area contributed by atoms with Crippen LogP contribution in [-0.4, -0.2) is 44.4 Å². The highest BCUT2D eigenvalue weighted by atomic mass is 19.4. The normalized spacial score (nSPS) is 18.2. The van der Waals surface area contributed by atoms with Crippen LogP contribution in [0.3, 0.4) is 0 Å². The number of halogens is 3. The zero-order chi connectivity index (χ0) is 36.6.